The van der Waals surface area contributed by atoms with Crippen molar-refractivity contribution in [3.63, 3.8) is 0 Å². The lowest BCUT2D eigenvalue weighted by Gasteiger charge is -2.31. The molecule has 0 atom stereocenters. The fraction of sp³-hybridized carbons (Fsp3) is 0.400. The molecule has 0 saturated carbocycles. The Morgan fingerprint density at radius 1 is 1.11 bits per heavy atom. The van der Waals surface area contributed by atoms with Crippen LogP contribution >= 0.6 is 11.6 Å². The molecule has 0 N–H and O–H groups in total. The lowest BCUT2D eigenvalue weighted by Crippen LogP contribution is -2.42. The second kappa shape index (κ2) is 6.72. The zero-order valence-electron chi connectivity index (χ0n) is 11.3. The molecule has 1 aromatic rings. The molecule has 0 aliphatic carbocycles. The predicted molar refractivity (Wildman–Crippen MR) is 76.8 cm³/mol. The number of halogens is 1. The summed E-state index contributed by atoms with van der Waals surface area (Å²) in [5.41, 5.74) is 0.678. The van der Waals surface area contributed by atoms with Gasteiger partial charge in [0.15, 0.2) is 5.78 Å². The van der Waals surface area contributed by atoms with Crippen LogP contribution in [0.2, 0.25) is 5.02 Å². The van der Waals surface area contributed by atoms with Crippen molar-refractivity contribution in [3.05, 3.63) is 47.1 Å². The van der Waals surface area contributed by atoms with E-state index in [1.807, 2.05) is 6.20 Å². The number of nitrogens with zero attached hydrogens (tertiary/aromatic N) is 1. The van der Waals surface area contributed by atoms with Gasteiger partial charge in [0, 0.05) is 16.7 Å². The minimum atomic E-state index is 0.0320. The van der Waals surface area contributed by atoms with Gasteiger partial charge in [-0.25, -0.2) is 0 Å². The van der Waals surface area contributed by atoms with Crippen LogP contribution < -0.4 is 0 Å². The number of allylic oxidation sites excluding steroid dienone is 1. The van der Waals surface area contributed by atoms with Crippen molar-refractivity contribution < 1.29 is 9.28 Å². The summed E-state index contributed by atoms with van der Waals surface area (Å²) in [6.07, 6.45) is 3.69. The molecule has 0 radical (unpaired) electrons. The Balaban J connectivity index is 2.83. The number of carbonyl (C=O) groups excluding carboxylic acids is 1. The maximum Gasteiger partial charge on any atom is 0.191 e. The van der Waals surface area contributed by atoms with Gasteiger partial charge in [-0.3, -0.25) is 9.28 Å². The van der Waals surface area contributed by atoms with E-state index >= 15 is 0 Å². The number of benzene rings is 1. The van der Waals surface area contributed by atoms with Gasteiger partial charge in [0.05, 0.1) is 25.8 Å². The van der Waals surface area contributed by atoms with E-state index in [1.54, 1.807) is 30.3 Å². The molecular weight excluding hydrogens is 246 g/mol. The number of carbonyl (C=O) groups is 1. The zero-order chi connectivity index (χ0) is 13.6. The van der Waals surface area contributed by atoms with E-state index in [4.69, 9.17) is 11.6 Å². The van der Waals surface area contributed by atoms with Crippen molar-refractivity contribution >= 4 is 17.4 Å². The third kappa shape index (κ3) is 3.69. The molecule has 0 unspecified atom stereocenters. The van der Waals surface area contributed by atoms with E-state index in [0.717, 1.165) is 24.1 Å². The molecule has 0 aliphatic rings. The van der Waals surface area contributed by atoms with Crippen LogP contribution in [0.25, 0.3) is 0 Å². The molecule has 0 fully saturated rings. The van der Waals surface area contributed by atoms with E-state index in [9.17, 15) is 4.79 Å². The van der Waals surface area contributed by atoms with E-state index in [0.29, 0.717) is 10.6 Å². The van der Waals surface area contributed by atoms with Crippen molar-refractivity contribution in [1.29, 1.82) is 0 Å². The molecule has 0 bridgehead atoms. The van der Waals surface area contributed by atoms with Gasteiger partial charge in [0.1, 0.15) is 0 Å². The number of hydrogen-bond acceptors (Lipinski definition) is 1. The third-order valence-electron chi connectivity index (χ3n) is 3.56. The quantitative estimate of drug-likeness (QED) is 0.433. The van der Waals surface area contributed by atoms with Crippen LogP contribution in [0.4, 0.5) is 0 Å². The Hall–Kier alpha value is -1.12. The molecule has 0 aromatic heterocycles. The highest BCUT2D eigenvalue weighted by molar-refractivity contribution is 6.30. The number of ketones is 1. The predicted octanol–water partition coefficient (Wildman–Crippen LogP) is 3.91. The second-order valence-corrected chi connectivity index (χ2v) is 4.79. The number of quaternary nitrogens is 1. The molecule has 0 aliphatic heterocycles. The highest BCUT2D eigenvalue weighted by atomic mass is 35.5. The lowest BCUT2D eigenvalue weighted by atomic mass is 10.1. The lowest BCUT2D eigenvalue weighted by molar-refractivity contribution is -0.874. The SMILES string of the molecule is CC[N+](/C=C/C(=O)c1ccc(Cl)cc1)(CC)CC. The molecule has 2 nitrogen and oxygen atoms in total. The van der Waals surface area contributed by atoms with E-state index in [1.165, 1.54) is 0 Å². The smallest absolute Gasteiger partial charge is 0.191 e. The Bertz CT molecular complexity index is 410. The van der Waals surface area contributed by atoms with Crippen LogP contribution in [0.1, 0.15) is 31.1 Å². The first-order chi connectivity index (χ1) is 8.56. The first-order valence-electron chi connectivity index (χ1n) is 6.41. The molecular formula is C15H21ClNO+. The van der Waals surface area contributed by atoms with Crippen molar-refractivity contribution in [2.45, 2.75) is 20.8 Å². The molecule has 0 spiro atoms. The molecule has 3 heteroatoms. The molecule has 1 rings (SSSR count). The normalized spacial score (nSPS) is 12.0. The van der Waals surface area contributed by atoms with Gasteiger partial charge in [0.2, 0.25) is 0 Å². The highest BCUT2D eigenvalue weighted by Crippen LogP contribution is 2.12. The summed E-state index contributed by atoms with van der Waals surface area (Å²) in [4.78, 5) is 12.0. The summed E-state index contributed by atoms with van der Waals surface area (Å²) in [6.45, 7) is 9.42. The van der Waals surface area contributed by atoms with Crippen LogP contribution in [0.3, 0.4) is 0 Å². The fourth-order valence-electron chi connectivity index (χ4n) is 1.92. The van der Waals surface area contributed by atoms with E-state index in [2.05, 4.69) is 20.8 Å². The van der Waals surface area contributed by atoms with Gasteiger partial charge in [-0.2, -0.15) is 0 Å². The summed E-state index contributed by atoms with van der Waals surface area (Å²) in [6, 6.07) is 7.00. The average Bonchev–Trinajstić information content (AvgIpc) is 2.41. The second-order valence-electron chi connectivity index (χ2n) is 4.35. The summed E-state index contributed by atoms with van der Waals surface area (Å²) in [7, 11) is 0. The maximum absolute atomic E-state index is 12.0. The molecule has 18 heavy (non-hydrogen) atoms. The summed E-state index contributed by atoms with van der Waals surface area (Å²) in [5, 5.41) is 0.649. The minimum Gasteiger partial charge on any atom is -0.298 e. The van der Waals surface area contributed by atoms with Crippen molar-refractivity contribution in [1.82, 2.24) is 0 Å². The first kappa shape index (κ1) is 14.9. The fourth-order valence-corrected chi connectivity index (χ4v) is 2.05. The Morgan fingerprint density at radius 3 is 2.06 bits per heavy atom. The van der Waals surface area contributed by atoms with Crippen molar-refractivity contribution in [2.75, 3.05) is 19.6 Å². The average molecular weight is 267 g/mol. The summed E-state index contributed by atoms with van der Waals surface area (Å²) in [5.74, 6) is 0.0320. The molecule has 1 aromatic carbocycles. The molecule has 0 saturated heterocycles. The van der Waals surface area contributed by atoms with Gasteiger partial charge in [-0.15, -0.1) is 0 Å². The third-order valence-corrected chi connectivity index (χ3v) is 3.81. The largest absolute Gasteiger partial charge is 0.298 e. The van der Waals surface area contributed by atoms with Gasteiger partial charge in [-0.1, -0.05) is 11.6 Å². The molecule has 0 heterocycles. The van der Waals surface area contributed by atoms with Gasteiger partial charge >= 0.3 is 0 Å². The van der Waals surface area contributed by atoms with Crippen molar-refractivity contribution in [3.8, 4) is 0 Å². The Kier molecular flexibility index (Phi) is 5.57. The van der Waals surface area contributed by atoms with Crippen LogP contribution in [0.15, 0.2) is 36.5 Å². The standard InChI is InChI=1S/C15H21ClNO/c1-4-17(5-2,6-3)12-11-15(18)13-7-9-14(16)10-8-13/h7-12H,4-6H2,1-3H3/q+1/b12-11+. The van der Waals surface area contributed by atoms with E-state index < -0.39 is 0 Å². The van der Waals surface area contributed by atoms with Crippen LogP contribution in [0, 0.1) is 0 Å². The van der Waals surface area contributed by atoms with Crippen LogP contribution in [-0.2, 0) is 0 Å². The van der Waals surface area contributed by atoms with Crippen LogP contribution in [0.5, 0.6) is 0 Å². The zero-order valence-corrected chi connectivity index (χ0v) is 12.1. The monoisotopic (exact) mass is 266 g/mol. The van der Waals surface area contributed by atoms with Crippen LogP contribution in [-0.4, -0.2) is 29.9 Å². The van der Waals surface area contributed by atoms with Gasteiger partial charge < -0.3 is 0 Å². The number of rotatable bonds is 6. The molecule has 0 amide bonds. The first-order valence-corrected chi connectivity index (χ1v) is 6.79. The summed E-state index contributed by atoms with van der Waals surface area (Å²) >= 11 is 5.80. The maximum atomic E-state index is 12.0. The number of hydrogen-bond donors (Lipinski definition) is 0. The Morgan fingerprint density at radius 2 is 1.61 bits per heavy atom. The van der Waals surface area contributed by atoms with Gasteiger partial charge in [0.25, 0.3) is 0 Å². The highest BCUT2D eigenvalue weighted by Gasteiger charge is 2.17. The van der Waals surface area contributed by atoms with Gasteiger partial charge in [-0.05, 0) is 45.0 Å². The Labute approximate surface area is 114 Å². The minimum absolute atomic E-state index is 0.0320. The summed E-state index contributed by atoms with van der Waals surface area (Å²) < 4.78 is 0.833. The topological polar surface area (TPSA) is 17.1 Å². The molecule has 98 valence electrons. The van der Waals surface area contributed by atoms with E-state index in [-0.39, 0.29) is 5.78 Å². The van der Waals surface area contributed by atoms with Crippen molar-refractivity contribution in [2.24, 2.45) is 0 Å².